The molecule has 9 heteroatoms. The summed E-state index contributed by atoms with van der Waals surface area (Å²) in [7, 11) is -3.60. The van der Waals surface area contributed by atoms with Gasteiger partial charge in [0, 0.05) is 23.1 Å². The van der Waals surface area contributed by atoms with Gasteiger partial charge in [-0.2, -0.15) is 4.98 Å². The number of nitrogens with one attached hydrogen (secondary N) is 1. The lowest BCUT2D eigenvalue weighted by Gasteiger charge is -2.08. The average Bonchev–Trinajstić information content (AvgIpc) is 2.81. The molecule has 0 aliphatic carbocycles. The molecule has 0 atom stereocenters. The maximum Gasteiger partial charge on any atom is 0.241 e. The summed E-state index contributed by atoms with van der Waals surface area (Å²) in [5.74, 6) is 0.444. The van der Waals surface area contributed by atoms with Crippen LogP contribution in [0.4, 0.5) is 5.69 Å². The van der Waals surface area contributed by atoms with Crippen molar-refractivity contribution in [2.24, 2.45) is 0 Å². The van der Waals surface area contributed by atoms with Crippen LogP contribution in [0, 0.1) is 0 Å². The summed E-state index contributed by atoms with van der Waals surface area (Å²) in [5.41, 5.74) is 6.05. The smallest absolute Gasteiger partial charge is 0.241 e. The molecule has 7 nitrogen and oxygen atoms in total. The van der Waals surface area contributed by atoms with Gasteiger partial charge in [0.1, 0.15) is 0 Å². The Morgan fingerprint density at radius 3 is 2.84 bits per heavy atom. The Balaban J connectivity index is 2.05. The van der Waals surface area contributed by atoms with Gasteiger partial charge in [0.05, 0.1) is 4.90 Å². The normalized spacial score (nSPS) is 11.6. The molecule has 0 unspecified atom stereocenters. The summed E-state index contributed by atoms with van der Waals surface area (Å²) >= 11 is 3.17. The molecule has 1 aromatic carbocycles. The first kappa shape index (κ1) is 14.0. The highest BCUT2D eigenvalue weighted by Gasteiger charge is 2.17. The highest BCUT2D eigenvalue weighted by molar-refractivity contribution is 9.10. The lowest BCUT2D eigenvalue weighted by molar-refractivity contribution is 0.410. The Bertz CT molecular complexity index is 657. The summed E-state index contributed by atoms with van der Waals surface area (Å²) in [4.78, 5) is 3.93. The third-order valence-corrected chi connectivity index (χ3v) is 4.73. The standard InChI is InChI=1S/C10H11BrN4O3S/c11-8-5-7(12)1-2-9(8)19(16,17)14-4-3-10-13-6-18-15-10/h1-2,5-6,14H,3-4,12H2. The van der Waals surface area contributed by atoms with Gasteiger partial charge in [0.25, 0.3) is 0 Å². The van der Waals surface area contributed by atoms with Crippen LogP contribution in [0.1, 0.15) is 5.82 Å². The fourth-order valence-electron chi connectivity index (χ4n) is 1.41. The molecule has 1 heterocycles. The zero-order valence-corrected chi connectivity index (χ0v) is 12.1. The minimum atomic E-state index is -3.60. The molecule has 0 bridgehead atoms. The molecule has 102 valence electrons. The van der Waals surface area contributed by atoms with Crippen molar-refractivity contribution in [3.05, 3.63) is 34.9 Å². The lowest BCUT2D eigenvalue weighted by Crippen LogP contribution is -2.26. The molecule has 3 N–H and O–H groups in total. The topological polar surface area (TPSA) is 111 Å². The van der Waals surface area contributed by atoms with E-state index in [4.69, 9.17) is 5.73 Å². The van der Waals surface area contributed by atoms with Gasteiger partial charge in [0.2, 0.25) is 16.4 Å². The van der Waals surface area contributed by atoms with Gasteiger partial charge in [0.15, 0.2) is 5.82 Å². The van der Waals surface area contributed by atoms with Gasteiger partial charge < -0.3 is 10.3 Å². The number of nitrogen functional groups attached to an aromatic ring is 1. The number of sulfonamides is 1. The van der Waals surface area contributed by atoms with Crippen molar-refractivity contribution in [3.63, 3.8) is 0 Å². The summed E-state index contributed by atoms with van der Waals surface area (Å²) in [6.07, 6.45) is 1.54. The van der Waals surface area contributed by atoms with E-state index in [-0.39, 0.29) is 11.4 Å². The molecular formula is C10H11BrN4O3S. The Morgan fingerprint density at radius 1 is 1.42 bits per heavy atom. The number of hydrogen-bond acceptors (Lipinski definition) is 6. The summed E-state index contributed by atoms with van der Waals surface area (Å²) in [6, 6.07) is 4.50. The fourth-order valence-corrected chi connectivity index (χ4v) is 3.54. The van der Waals surface area contributed by atoms with Gasteiger partial charge in [-0.25, -0.2) is 13.1 Å². The van der Waals surface area contributed by atoms with Crippen LogP contribution < -0.4 is 10.5 Å². The van der Waals surface area contributed by atoms with Gasteiger partial charge in [-0.05, 0) is 34.1 Å². The Labute approximate surface area is 118 Å². The first-order valence-corrected chi connectivity index (χ1v) is 7.56. The minimum absolute atomic E-state index is 0.134. The molecule has 0 spiro atoms. The van der Waals surface area contributed by atoms with Crippen LogP contribution in [0.25, 0.3) is 0 Å². The second-order valence-electron chi connectivity index (χ2n) is 3.69. The summed E-state index contributed by atoms with van der Waals surface area (Å²) in [6.45, 7) is 0.179. The molecular weight excluding hydrogens is 336 g/mol. The molecule has 0 saturated carbocycles. The molecule has 2 rings (SSSR count). The number of benzene rings is 1. The number of rotatable bonds is 5. The molecule has 19 heavy (non-hydrogen) atoms. The first-order chi connectivity index (χ1) is 8.99. The number of halogens is 1. The van der Waals surface area contributed by atoms with Crippen molar-refractivity contribution in [1.29, 1.82) is 0 Å². The second-order valence-corrected chi connectivity index (χ2v) is 6.27. The highest BCUT2D eigenvalue weighted by Crippen LogP contribution is 2.23. The van der Waals surface area contributed by atoms with E-state index in [0.717, 1.165) is 0 Å². The molecule has 0 fully saturated rings. The van der Waals surface area contributed by atoms with Crippen LogP contribution in [-0.2, 0) is 16.4 Å². The van der Waals surface area contributed by atoms with E-state index in [1.54, 1.807) is 0 Å². The van der Waals surface area contributed by atoms with E-state index in [0.29, 0.717) is 22.4 Å². The summed E-state index contributed by atoms with van der Waals surface area (Å²) in [5, 5.41) is 3.59. The molecule has 0 aliphatic heterocycles. The summed E-state index contributed by atoms with van der Waals surface area (Å²) < 4.78 is 31.5. The quantitative estimate of drug-likeness (QED) is 0.779. The van der Waals surface area contributed by atoms with Gasteiger partial charge in [-0.15, -0.1) is 0 Å². The number of nitrogens with two attached hydrogens (primary N) is 1. The number of anilines is 1. The van der Waals surface area contributed by atoms with Crippen molar-refractivity contribution in [2.75, 3.05) is 12.3 Å². The van der Waals surface area contributed by atoms with Crippen LogP contribution in [0.2, 0.25) is 0 Å². The molecule has 2 aromatic rings. The van der Waals surface area contributed by atoms with Crippen molar-refractivity contribution < 1.29 is 12.9 Å². The van der Waals surface area contributed by atoms with Crippen molar-refractivity contribution in [3.8, 4) is 0 Å². The maximum absolute atomic E-state index is 12.0. The Morgan fingerprint density at radius 2 is 2.21 bits per heavy atom. The zero-order chi connectivity index (χ0) is 13.9. The molecule has 0 aliphatic rings. The predicted octanol–water partition coefficient (Wildman–Crippen LogP) is 0.935. The second kappa shape index (κ2) is 5.68. The van der Waals surface area contributed by atoms with Crippen LogP contribution in [-0.4, -0.2) is 25.1 Å². The molecule has 1 aromatic heterocycles. The van der Waals surface area contributed by atoms with Crippen molar-refractivity contribution >= 4 is 31.6 Å². The van der Waals surface area contributed by atoms with Crippen LogP contribution in [0.5, 0.6) is 0 Å². The van der Waals surface area contributed by atoms with Gasteiger partial charge >= 0.3 is 0 Å². The zero-order valence-electron chi connectivity index (χ0n) is 9.71. The Hall–Kier alpha value is -1.45. The van der Waals surface area contributed by atoms with E-state index >= 15 is 0 Å². The fraction of sp³-hybridized carbons (Fsp3) is 0.200. The monoisotopic (exact) mass is 346 g/mol. The van der Waals surface area contributed by atoms with Gasteiger partial charge in [-0.3, -0.25) is 0 Å². The van der Waals surface area contributed by atoms with E-state index in [9.17, 15) is 8.42 Å². The third-order valence-electron chi connectivity index (χ3n) is 2.29. The first-order valence-electron chi connectivity index (χ1n) is 5.29. The minimum Gasteiger partial charge on any atom is -0.399 e. The van der Waals surface area contributed by atoms with Crippen molar-refractivity contribution in [1.82, 2.24) is 14.9 Å². The van der Waals surface area contributed by atoms with E-state index < -0.39 is 10.0 Å². The number of hydrogen-bond donors (Lipinski definition) is 2. The SMILES string of the molecule is Nc1ccc(S(=O)(=O)NCCc2ncon2)c(Br)c1. The van der Waals surface area contributed by atoms with Gasteiger partial charge in [-0.1, -0.05) is 5.16 Å². The van der Waals surface area contributed by atoms with Crippen LogP contribution in [0.3, 0.4) is 0 Å². The van der Waals surface area contributed by atoms with Crippen LogP contribution in [0.15, 0.2) is 38.5 Å². The molecule has 0 saturated heterocycles. The third kappa shape index (κ3) is 3.52. The van der Waals surface area contributed by atoms with E-state index in [1.165, 1.54) is 24.6 Å². The molecule has 0 radical (unpaired) electrons. The number of aromatic nitrogens is 2. The lowest BCUT2D eigenvalue weighted by atomic mass is 10.3. The van der Waals surface area contributed by atoms with Crippen molar-refractivity contribution in [2.45, 2.75) is 11.3 Å². The molecule has 0 amide bonds. The largest absolute Gasteiger partial charge is 0.399 e. The highest BCUT2D eigenvalue weighted by atomic mass is 79.9. The predicted molar refractivity (Wildman–Crippen MR) is 71.7 cm³/mol. The maximum atomic E-state index is 12.0. The Kier molecular flexibility index (Phi) is 4.17. The number of nitrogens with zero attached hydrogens (tertiary/aromatic N) is 2. The van der Waals surface area contributed by atoms with E-state index in [1.807, 2.05) is 0 Å². The van der Waals surface area contributed by atoms with E-state index in [2.05, 4.69) is 35.3 Å². The van der Waals surface area contributed by atoms with Crippen LogP contribution >= 0.6 is 15.9 Å². The average molecular weight is 347 g/mol.